The van der Waals surface area contributed by atoms with E-state index in [0.29, 0.717) is 27.4 Å². The molecule has 2 N–H and O–H groups in total. The largest absolute Gasteiger partial charge is 0.481 e. The summed E-state index contributed by atoms with van der Waals surface area (Å²) in [5, 5.41) is 13.9. The standard InChI is InChI=1S/C13H13Cl2N3O2/c1-20-11-5-6-16-13(18-11)17-7-10(19)12-8(14)3-2-4-9(12)15/h2-6,10,19H,7H2,1H3,(H,16,17,18). The Morgan fingerprint density at radius 3 is 2.65 bits per heavy atom. The van der Waals surface area contributed by atoms with Gasteiger partial charge in [-0.2, -0.15) is 4.98 Å². The van der Waals surface area contributed by atoms with E-state index < -0.39 is 6.10 Å². The zero-order chi connectivity index (χ0) is 14.5. The molecule has 106 valence electrons. The van der Waals surface area contributed by atoms with Gasteiger partial charge in [-0.1, -0.05) is 29.3 Å². The zero-order valence-electron chi connectivity index (χ0n) is 10.7. The highest BCUT2D eigenvalue weighted by Gasteiger charge is 2.15. The highest BCUT2D eigenvalue weighted by Crippen LogP contribution is 2.30. The van der Waals surface area contributed by atoms with Crippen molar-refractivity contribution < 1.29 is 9.84 Å². The summed E-state index contributed by atoms with van der Waals surface area (Å²) in [6, 6.07) is 6.70. The number of aliphatic hydroxyl groups is 1. The number of ether oxygens (including phenoxy) is 1. The average molecular weight is 314 g/mol. The molecule has 0 radical (unpaired) electrons. The van der Waals surface area contributed by atoms with Crippen molar-refractivity contribution in [3.63, 3.8) is 0 Å². The monoisotopic (exact) mass is 313 g/mol. The normalized spacial score (nSPS) is 12.0. The van der Waals surface area contributed by atoms with E-state index in [9.17, 15) is 5.11 Å². The third kappa shape index (κ3) is 3.50. The average Bonchev–Trinajstić information content (AvgIpc) is 2.45. The molecule has 0 amide bonds. The van der Waals surface area contributed by atoms with Crippen LogP contribution in [0.5, 0.6) is 5.88 Å². The molecule has 5 nitrogen and oxygen atoms in total. The minimum atomic E-state index is -0.869. The summed E-state index contributed by atoms with van der Waals surface area (Å²) >= 11 is 12.1. The van der Waals surface area contributed by atoms with Gasteiger partial charge in [0, 0.05) is 34.4 Å². The van der Waals surface area contributed by atoms with Gasteiger partial charge >= 0.3 is 0 Å². The Balaban J connectivity index is 2.06. The molecule has 1 atom stereocenters. The fourth-order valence-corrected chi connectivity index (χ4v) is 2.31. The van der Waals surface area contributed by atoms with Crippen molar-refractivity contribution in [2.75, 3.05) is 19.0 Å². The van der Waals surface area contributed by atoms with E-state index in [0.717, 1.165) is 0 Å². The van der Waals surface area contributed by atoms with E-state index in [-0.39, 0.29) is 6.54 Å². The molecule has 0 fully saturated rings. The number of nitrogens with one attached hydrogen (secondary N) is 1. The topological polar surface area (TPSA) is 67.3 Å². The molecule has 0 saturated carbocycles. The van der Waals surface area contributed by atoms with Crippen LogP contribution in [0.25, 0.3) is 0 Å². The van der Waals surface area contributed by atoms with Gasteiger partial charge in [-0.25, -0.2) is 4.98 Å². The maximum atomic E-state index is 10.2. The summed E-state index contributed by atoms with van der Waals surface area (Å²) in [6.45, 7) is 0.177. The number of aromatic nitrogens is 2. The predicted octanol–water partition coefficient (Wildman–Crippen LogP) is 2.94. The zero-order valence-corrected chi connectivity index (χ0v) is 12.2. The van der Waals surface area contributed by atoms with Gasteiger partial charge in [0.25, 0.3) is 0 Å². The van der Waals surface area contributed by atoms with Crippen LogP contribution in [-0.4, -0.2) is 28.7 Å². The number of anilines is 1. The second kappa shape index (κ2) is 6.74. The van der Waals surface area contributed by atoms with Crippen molar-refractivity contribution >= 4 is 29.2 Å². The first kappa shape index (κ1) is 14.8. The molecule has 0 aliphatic heterocycles. The van der Waals surface area contributed by atoms with E-state index in [1.807, 2.05) is 0 Å². The van der Waals surface area contributed by atoms with Crippen LogP contribution in [0.1, 0.15) is 11.7 Å². The fourth-order valence-electron chi connectivity index (χ4n) is 1.66. The van der Waals surface area contributed by atoms with Crippen LogP contribution in [0.15, 0.2) is 30.5 Å². The molecule has 0 spiro atoms. The lowest BCUT2D eigenvalue weighted by Gasteiger charge is -2.15. The number of hydrogen-bond donors (Lipinski definition) is 2. The van der Waals surface area contributed by atoms with Gasteiger partial charge in [0.05, 0.1) is 13.2 Å². The number of benzene rings is 1. The molecule has 0 saturated heterocycles. The minimum absolute atomic E-state index is 0.177. The van der Waals surface area contributed by atoms with E-state index >= 15 is 0 Å². The van der Waals surface area contributed by atoms with Crippen LogP contribution < -0.4 is 10.1 Å². The van der Waals surface area contributed by atoms with Crippen LogP contribution in [-0.2, 0) is 0 Å². The number of hydrogen-bond acceptors (Lipinski definition) is 5. The van der Waals surface area contributed by atoms with Crippen molar-refractivity contribution in [1.82, 2.24) is 9.97 Å². The molecule has 2 rings (SSSR count). The first-order valence-electron chi connectivity index (χ1n) is 5.84. The molecule has 0 bridgehead atoms. The van der Waals surface area contributed by atoms with Gasteiger partial charge in [0.2, 0.25) is 11.8 Å². The summed E-state index contributed by atoms with van der Waals surface area (Å²) < 4.78 is 4.99. The van der Waals surface area contributed by atoms with Crippen molar-refractivity contribution in [3.8, 4) is 5.88 Å². The second-order valence-corrected chi connectivity index (χ2v) is 4.77. The van der Waals surface area contributed by atoms with Crippen LogP contribution in [0.3, 0.4) is 0 Å². The Hall–Kier alpha value is -1.56. The number of rotatable bonds is 5. The molecular weight excluding hydrogens is 301 g/mol. The fraction of sp³-hybridized carbons (Fsp3) is 0.231. The van der Waals surface area contributed by atoms with E-state index in [4.69, 9.17) is 27.9 Å². The van der Waals surface area contributed by atoms with Crippen molar-refractivity contribution in [1.29, 1.82) is 0 Å². The number of aliphatic hydroxyl groups excluding tert-OH is 1. The summed E-state index contributed by atoms with van der Waals surface area (Å²) in [5.41, 5.74) is 0.478. The van der Waals surface area contributed by atoms with Crippen LogP contribution in [0, 0.1) is 0 Å². The van der Waals surface area contributed by atoms with Crippen molar-refractivity contribution in [3.05, 3.63) is 46.1 Å². The Morgan fingerprint density at radius 2 is 2.00 bits per heavy atom. The molecule has 1 heterocycles. The van der Waals surface area contributed by atoms with E-state index in [1.54, 1.807) is 30.5 Å². The lowest BCUT2D eigenvalue weighted by atomic mass is 10.1. The highest BCUT2D eigenvalue weighted by atomic mass is 35.5. The predicted molar refractivity (Wildman–Crippen MR) is 78.5 cm³/mol. The summed E-state index contributed by atoms with van der Waals surface area (Å²) in [5.74, 6) is 0.791. The Bertz CT molecular complexity index is 575. The molecule has 2 aromatic rings. The number of methoxy groups -OCH3 is 1. The number of nitrogens with zero attached hydrogens (tertiary/aromatic N) is 2. The molecule has 1 aromatic heterocycles. The third-order valence-electron chi connectivity index (χ3n) is 2.63. The minimum Gasteiger partial charge on any atom is -0.481 e. The van der Waals surface area contributed by atoms with E-state index in [2.05, 4.69) is 15.3 Å². The van der Waals surface area contributed by atoms with Crippen LogP contribution in [0.4, 0.5) is 5.95 Å². The first-order chi connectivity index (χ1) is 9.61. The van der Waals surface area contributed by atoms with Gasteiger partial charge in [0.15, 0.2) is 0 Å². The SMILES string of the molecule is COc1ccnc(NCC(O)c2c(Cl)cccc2Cl)n1. The Kier molecular flexibility index (Phi) is 5.00. The summed E-state index contributed by atoms with van der Waals surface area (Å²) in [6.07, 6.45) is 0.689. The van der Waals surface area contributed by atoms with Gasteiger partial charge in [-0.3, -0.25) is 0 Å². The van der Waals surface area contributed by atoms with Gasteiger partial charge in [-0.05, 0) is 12.1 Å². The van der Waals surface area contributed by atoms with Gasteiger partial charge < -0.3 is 15.2 Å². The second-order valence-electron chi connectivity index (χ2n) is 3.95. The smallest absolute Gasteiger partial charge is 0.226 e. The van der Waals surface area contributed by atoms with Crippen molar-refractivity contribution in [2.45, 2.75) is 6.10 Å². The molecule has 0 aliphatic rings. The molecule has 0 aliphatic carbocycles. The van der Waals surface area contributed by atoms with Gasteiger partial charge in [0.1, 0.15) is 0 Å². The van der Waals surface area contributed by atoms with Crippen LogP contribution in [0.2, 0.25) is 10.0 Å². The van der Waals surface area contributed by atoms with Gasteiger partial charge in [-0.15, -0.1) is 0 Å². The molecule has 7 heteroatoms. The molecule has 1 unspecified atom stereocenters. The Labute approximate surface area is 126 Å². The highest BCUT2D eigenvalue weighted by molar-refractivity contribution is 6.36. The maximum Gasteiger partial charge on any atom is 0.226 e. The Morgan fingerprint density at radius 1 is 1.30 bits per heavy atom. The lowest BCUT2D eigenvalue weighted by molar-refractivity contribution is 0.191. The molecule has 1 aromatic carbocycles. The molecular formula is C13H13Cl2N3O2. The maximum absolute atomic E-state index is 10.2. The van der Waals surface area contributed by atoms with Crippen molar-refractivity contribution in [2.24, 2.45) is 0 Å². The summed E-state index contributed by atoms with van der Waals surface area (Å²) in [4.78, 5) is 8.10. The first-order valence-corrected chi connectivity index (χ1v) is 6.60. The van der Waals surface area contributed by atoms with E-state index in [1.165, 1.54) is 7.11 Å². The van der Waals surface area contributed by atoms with Crippen LogP contribution >= 0.6 is 23.2 Å². The number of halogens is 2. The summed E-state index contributed by atoms with van der Waals surface area (Å²) in [7, 11) is 1.52. The molecule has 20 heavy (non-hydrogen) atoms. The third-order valence-corrected chi connectivity index (χ3v) is 3.28. The lowest BCUT2D eigenvalue weighted by Crippen LogP contribution is -2.14. The quantitative estimate of drug-likeness (QED) is 0.888.